The van der Waals surface area contributed by atoms with Crippen LogP contribution in [0.1, 0.15) is 24.9 Å². The number of hydrogen-bond donors (Lipinski definition) is 0. The number of thioether (sulfide) groups is 1. The minimum absolute atomic E-state index is 0.284. The second-order valence-corrected chi connectivity index (χ2v) is 9.20. The lowest BCUT2D eigenvalue weighted by molar-refractivity contribution is 0.201. The van der Waals surface area contributed by atoms with E-state index in [2.05, 4.69) is 36.1 Å². The Morgan fingerprint density at radius 2 is 2.00 bits per heavy atom. The fourth-order valence-electron chi connectivity index (χ4n) is 2.80. The van der Waals surface area contributed by atoms with Gasteiger partial charge in [0.15, 0.2) is 0 Å². The molecule has 112 valence electrons. The molecule has 0 saturated carbocycles. The quantitative estimate of drug-likeness (QED) is 0.837. The zero-order chi connectivity index (χ0) is 14.6. The Morgan fingerprint density at radius 1 is 1.30 bits per heavy atom. The molecule has 0 unspecified atom stereocenters. The first-order valence-corrected chi connectivity index (χ1v) is 10.2. The number of rotatable bonds is 5. The van der Waals surface area contributed by atoms with Crippen molar-refractivity contribution in [2.75, 3.05) is 30.9 Å². The molecule has 0 bridgehead atoms. The maximum Gasteiger partial charge on any atom is 0.147 e. The average molecular weight is 313 g/mol. The summed E-state index contributed by atoms with van der Waals surface area (Å²) in [5.74, 6) is 1.41. The highest BCUT2D eigenvalue weighted by Gasteiger charge is 2.29. The van der Waals surface area contributed by atoms with Crippen molar-refractivity contribution in [1.82, 2.24) is 4.90 Å². The number of benzene rings is 1. The van der Waals surface area contributed by atoms with E-state index in [0.717, 1.165) is 25.3 Å². The van der Waals surface area contributed by atoms with Crippen molar-refractivity contribution in [3.05, 3.63) is 35.9 Å². The van der Waals surface area contributed by atoms with Gasteiger partial charge in [-0.2, -0.15) is 11.8 Å². The van der Waals surface area contributed by atoms with E-state index in [4.69, 9.17) is 0 Å². The van der Waals surface area contributed by atoms with Crippen molar-refractivity contribution < 1.29 is 8.42 Å². The van der Waals surface area contributed by atoms with E-state index in [1.54, 1.807) is 0 Å². The Balaban J connectivity index is 2.05. The van der Waals surface area contributed by atoms with Crippen LogP contribution in [0.5, 0.6) is 0 Å². The molecule has 1 aliphatic rings. The Bertz CT molecular complexity index is 516. The van der Waals surface area contributed by atoms with Crippen molar-refractivity contribution in [2.24, 2.45) is 0 Å². The van der Waals surface area contributed by atoms with Crippen LogP contribution in [0.2, 0.25) is 0 Å². The molecule has 0 radical (unpaired) electrons. The molecule has 1 heterocycles. The van der Waals surface area contributed by atoms with Gasteiger partial charge in [0, 0.05) is 29.8 Å². The first-order valence-electron chi connectivity index (χ1n) is 7.06. The molecule has 20 heavy (non-hydrogen) atoms. The van der Waals surface area contributed by atoms with Crippen LogP contribution in [0.25, 0.3) is 0 Å². The summed E-state index contributed by atoms with van der Waals surface area (Å²) in [4.78, 5) is 2.45. The maximum absolute atomic E-state index is 11.3. The summed E-state index contributed by atoms with van der Waals surface area (Å²) in [6.07, 6.45) is 2.04. The second kappa shape index (κ2) is 6.96. The molecule has 0 N–H and O–H groups in total. The first kappa shape index (κ1) is 15.9. The Hall–Kier alpha value is -0.520. The van der Waals surface area contributed by atoms with E-state index in [-0.39, 0.29) is 5.75 Å². The third-order valence-electron chi connectivity index (χ3n) is 3.70. The van der Waals surface area contributed by atoms with Crippen LogP contribution < -0.4 is 0 Å². The smallest absolute Gasteiger partial charge is 0.147 e. The molecule has 5 heteroatoms. The number of hydrogen-bond acceptors (Lipinski definition) is 4. The van der Waals surface area contributed by atoms with Gasteiger partial charge in [-0.1, -0.05) is 37.3 Å². The molecule has 1 saturated heterocycles. The molecule has 1 aliphatic heterocycles. The predicted octanol–water partition coefficient (Wildman–Crippen LogP) is 2.60. The van der Waals surface area contributed by atoms with Gasteiger partial charge in [0.1, 0.15) is 9.84 Å². The van der Waals surface area contributed by atoms with Gasteiger partial charge in [0.2, 0.25) is 0 Å². The topological polar surface area (TPSA) is 37.4 Å². The van der Waals surface area contributed by atoms with Crippen molar-refractivity contribution in [2.45, 2.75) is 24.6 Å². The summed E-state index contributed by atoms with van der Waals surface area (Å²) < 4.78 is 22.5. The molecule has 2 rings (SSSR count). The van der Waals surface area contributed by atoms with E-state index in [1.807, 2.05) is 17.8 Å². The highest BCUT2D eigenvalue weighted by Crippen LogP contribution is 2.35. The summed E-state index contributed by atoms with van der Waals surface area (Å²) in [7, 11) is -2.85. The van der Waals surface area contributed by atoms with E-state index in [1.165, 1.54) is 11.8 Å². The van der Waals surface area contributed by atoms with Crippen LogP contribution in [0, 0.1) is 0 Å². The predicted molar refractivity (Wildman–Crippen MR) is 87.0 cm³/mol. The van der Waals surface area contributed by atoms with Crippen molar-refractivity contribution in [1.29, 1.82) is 0 Å². The molecule has 3 nitrogen and oxygen atoms in total. The summed E-state index contributed by atoms with van der Waals surface area (Å²) in [5, 5.41) is 0.546. The van der Waals surface area contributed by atoms with Gasteiger partial charge in [-0.25, -0.2) is 8.42 Å². The highest BCUT2D eigenvalue weighted by atomic mass is 32.2. The van der Waals surface area contributed by atoms with E-state index >= 15 is 0 Å². The Morgan fingerprint density at radius 3 is 2.65 bits per heavy atom. The lowest BCUT2D eigenvalue weighted by atomic mass is 10.0. The fourth-order valence-corrected chi connectivity index (χ4v) is 4.67. The fraction of sp³-hybridized carbons (Fsp3) is 0.600. The van der Waals surface area contributed by atoms with Gasteiger partial charge >= 0.3 is 0 Å². The van der Waals surface area contributed by atoms with Gasteiger partial charge in [-0.15, -0.1) is 0 Å². The third-order valence-corrected chi connectivity index (χ3v) is 5.93. The van der Waals surface area contributed by atoms with Gasteiger partial charge < -0.3 is 0 Å². The summed E-state index contributed by atoms with van der Waals surface area (Å²) >= 11 is 2.00. The molecule has 0 amide bonds. The molecule has 1 aromatic carbocycles. The monoisotopic (exact) mass is 313 g/mol. The summed E-state index contributed by atoms with van der Waals surface area (Å²) in [5.41, 5.74) is 1.34. The molecule has 0 aromatic heterocycles. The zero-order valence-corrected chi connectivity index (χ0v) is 13.8. The molecular formula is C15H23NO2S2. The van der Waals surface area contributed by atoms with E-state index in [9.17, 15) is 8.42 Å². The lowest BCUT2D eigenvalue weighted by Gasteiger charge is -2.40. The Kier molecular flexibility index (Phi) is 5.52. The maximum atomic E-state index is 11.3. The molecule has 1 fully saturated rings. The summed E-state index contributed by atoms with van der Waals surface area (Å²) in [6, 6.07) is 11.0. The van der Waals surface area contributed by atoms with Crippen LogP contribution in [-0.2, 0) is 9.84 Å². The lowest BCUT2D eigenvalue weighted by Crippen LogP contribution is -2.41. The minimum Gasteiger partial charge on any atom is -0.294 e. The normalized spacial score (nSPS) is 24.7. The summed E-state index contributed by atoms with van der Waals surface area (Å²) in [6.45, 7) is 4.17. The SMILES string of the molecule is C[C@@H]1SCCN(CCCS(C)(=O)=O)[C@H]1c1ccccc1. The second-order valence-electron chi connectivity index (χ2n) is 5.45. The van der Waals surface area contributed by atoms with Crippen LogP contribution in [0.3, 0.4) is 0 Å². The van der Waals surface area contributed by atoms with Gasteiger partial charge in [-0.3, -0.25) is 4.90 Å². The molecule has 2 atom stereocenters. The van der Waals surface area contributed by atoms with Crippen LogP contribution in [0.15, 0.2) is 30.3 Å². The van der Waals surface area contributed by atoms with E-state index in [0.29, 0.717) is 11.3 Å². The zero-order valence-electron chi connectivity index (χ0n) is 12.2. The largest absolute Gasteiger partial charge is 0.294 e. The minimum atomic E-state index is -2.85. The standard InChI is InChI=1S/C15H23NO2S2/c1-13-15(14-7-4-3-5-8-14)16(10-11-19-13)9-6-12-20(2,17)18/h3-5,7-8,13,15H,6,9-12H2,1-2H3/t13-,15+/m0/s1. The average Bonchev–Trinajstić information content (AvgIpc) is 2.38. The van der Waals surface area contributed by atoms with Crippen molar-refractivity contribution in [3.63, 3.8) is 0 Å². The van der Waals surface area contributed by atoms with Crippen molar-refractivity contribution >= 4 is 21.6 Å². The van der Waals surface area contributed by atoms with Gasteiger partial charge in [0.05, 0.1) is 5.75 Å². The third kappa shape index (κ3) is 4.50. The van der Waals surface area contributed by atoms with Crippen LogP contribution in [-0.4, -0.2) is 49.4 Å². The van der Waals surface area contributed by atoms with Crippen molar-refractivity contribution in [3.8, 4) is 0 Å². The van der Waals surface area contributed by atoms with Crippen LogP contribution >= 0.6 is 11.8 Å². The Labute approximate surface area is 126 Å². The number of sulfone groups is 1. The first-order chi connectivity index (χ1) is 9.47. The van der Waals surface area contributed by atoms with Gasteiger partial charge in [0.25, 0.3) is 0 Å². The van der Waals surface area contributed by atoms with E-state index < -0.39 is 9.84 Å². The molecule has 0 aliphatic carbocycles. The molecule has 0 spiro atoms. The van der Waals surface area contributed by atoms with Crippen LogP contribution in [0.4, 0.5) is 0 Å². The molecule has 1 aromatic rings. The molecular weight excluding hydrogens is 290 g/mol. The highest BCUT2D eigenvalue weighted by molar-refractivity contribution is 8.00. The van der Waals surface area contributed by atoms with Gasteiger partial charge in [-0.05, 0) is 18.5 Å². The number of nitrogens with zero attached hydrogens (tertiary/aromatic N) is 1.